The number of pyridine rings is 1. The van der Waals surface area contributed by atoms with Crippen LogP contribution in [0.1, 0.15) is 25.0 Å². The molecule has 2 aliphatic heterocycles. The normalized spacial score (nSPS) is 21.0. The van der Waals surface area contributed by atoms with Gasteiger partial charge in [-0.25, -0.2) is 4.79 Å². The fourth-order valence-electron chi connectivity index (χ4n) is 4.07. The number of likely N-dealkylation sites (tertiary alicyclic amines) is 1. The van der Waals surface area contributed by atoms with Crippen LogP contribution in [0.15, 0.2) is 47.3 Å². The highest BCUT2D eigenvalue weighted by atomic mass is 16.5. The van der Waals surface area contributed by atoms with Crippen molar-refractivity contribution in [1.29, 1.82) is 0 Å². The number of aromatic nitrogens is 1. The monoisotopic (exact) mass is 353 g/mol. The van der Waals surface area contributed by atoms with Crippen molar-refractivity contribution in [3.63, 3.8) is 0 Å². The Bertz CT molecular complexity index is 859. The molecule has 1 aromatic carbocycles. The summed E-state index contributed by atoms with van der Waals surface area (Å²) < 4.78 is 7.30. The molecule has 0 spiro atoms. The first kappa shape index (κ1) is 16.7. The molecule has 2 atom stereocenters. The SMILES string of the molecule is CCOc1ccc(NC(=O)N2C[C@H]3C[C@@H](C2)c2cccc(=O)n2C3)cc1. The van der Waals surface area contributed by atoms with Crippen LogP contribution in [0.25, 0.3) is 0 Å². The first-order chi connectivity index (χ1) is 12.6. The van der Waals surface area contributed by atoms with Crippen LogP contribution < -0.4 is 15.6 Å². The summed E-state index contributed by atoms with van der Waals surface area (Å²) >= 11 is 0. The number of carbonyl (C=O) groups is 1. The highest BCUT2D eigenvalue weighted by Gasteiger charge is 2.36. The zero-order valence-electron chi connectivity index (χ0n) is 14.9. The highest BCUT2D eigenvalue weighted by Crippen LogP contribution is 2.35. The zero-order chi connectivity index (χ0) is 18.1. The smallest absolute Gasteiger partial charge is 0.321 e. The molecule has 3 heterocycles. The second-order valence-electron chi connectivity index (χ2n) is 6.99. The largest absolute Gasteiger partial charge is 0.494 e. The number of hydrogen-bond acceptors (Lipinski definition) is 3. The Morgan fingerprint density at radius 3 is 2.73 bits per heavy atom. The summed E-state index contributed by atoms with van der Waals surface area (Å²) in [7, 11) is 0. The van der Waals surface area contributed by atoms with E-state index in [1.54, 1.807) is 6.07 Å². The summed E-state index contributed by atoms with van der Waals surface area (Å²) in [6.45, 7) is 4.57. The van der Waals surface area contributed by atoms with Crippen molar-refractivity contribution < 1.29 is 9.53 Å². The van der Waals surface area contributed by atoms with Crippen LogP contribution in [0.2, 0.25) is 0 Å². The van der Waals surface area contributed by atoms with Crippen molar-refractivity contribution in [1.82, 2.24) is 9.47 Å². The molecule has 2 amide bonds. The summed E-state index contributed by atoms with van der Waals surface area (Å²) in [5.74, 6) is 1.34. The molecular formula is C20H23N3O3. The molecule has 6 nitrogen and oxygen atoms in total. The Kier molecular flexibility index (Phi) is 4.41. The lowest BCUT2D eigenvalue weighted by molar-refractivity contribution is 0.139. The fraction of sp³-hybridized carbons (Fsp3) is 0.400. The molecule has 0 aliphatic carbocycles. The minimum absolute atomic E-state index is 0.0597. The molecule has 1 aromatic heterocycles. The van der Waals surface area contributed by atoms with Gasteiger partial charge in [0.1, 0.15) is 5.75 Å². The number of nitrogens with one attached hydrogen (secondary N) is 1. The molecule has 2 bridgehead atoms. The van der Waals surface area contributed by atoms with E-state index in [9.17, 15) is 9.59 Å². The number of ether oxygens (including phenoxy) is 1. The van der Waals surface area contributed by atoms with E-state index < -0.39 is 0 Å². The topological polar surface area (TPSA) is 63.6 Å². The van der Waals surface area contributed by atoms with E-state index in [0.29, 0.717) is 32.2 Å². The molecule has 136 valence electrons. The van der Waals surface area contributed by atoms with Gasteiger partial charge < -0.3 is 19.5 Å². The van der Waals surface area contributed by atoms with Crippen molar-refractivity contribution in [2.45, 2.75) is 25.8 Å². The predicted octanol–water partition coefficient (Wildman–Crippen LogP) is 2.90. The van der Waals surface area contributed by atoms with Gasteiger partial charge >= 0.3 is 6.03 Å². The van der Waals surface area contributed by atoms with E-state index in [4.69, 9.17) is 4.74 Å². The van der Waals surface area contributed by atoms with E-state index in [-0.39, 0.29) is 17.5 Å². The summed E-state index contributed by atoms with van der Waals surface area (Å²) in [4.78, 5) is 26.7. The molecule has 0 radical (unpaired) electrons. The molecule has 4 rings (SSSR count). The van der Waals surface area contributed by atoms with Crippen molar-refractivity contribution in [3.8, 4) is 5.75 Å². The first-order valence-corrected chi connectivity index (χ1v) is 9.12. The van der Waals surface area contributed by atoms with Gasteiger partial charge in [-0.05, 0) is 49.6 Å². The standard InChI is InChI=1S/C20H23N3O3/c1-2-26-17-8-6-16(7-9-17)21-20(25)22-11-14-10-15(13-22)18-4-3-5-19(24)23(18)12-14/h3-9,14-15H,2,10-13H2,1H3,(H,21,25)/t14-,15+/m1/s1. The molecule has 26 heavy (non-hydrogen) atoms. The zero-order valence-corrected chi connectivity index (χ0v) is 14.9. The number of amides is 2. The Hall–Kier alpha value is -2.76. The van der Waals surface area contributed by atoms with Gasteiger partial charge in [0.2, 0.25) is 0 Å². The lowest BCUT2D eigenvalue weighted by Crippen LogP contribution is -2.50. The minimum atomic E-state index is -0.0874. The number of benzene rings is 1. The number of fused-ring (bicyclic) bond motifs is 4. The van der Waals surface area contributed by atoms with Gasteiger partial charge in [-0.15, -0.1) is 0 Å². The number of anilines is 1. The van der Waals surface area contributed by atoms with Crippen molar-refractivity contribution in [3.05, 3.63) is 58.5 Å². The summed E-state index contributed by atoms with van der Waals surface area (Å²) in [6, 6.07) is 12.8. The van der Waals surface area contributed by atoms with Crippen molar-refractivity contribution in [2.24, 2.45) is 5.92 Å². The van der Waals surface area contributed by atoms with Gasteiger partial charge in [0.25, 0.3) is 5.56 Å². The molecule has 0 saturated carbocycles. The molecular weight excluding hydrogens is 330 g/mol. The fourth-order valence-corrected chi connectivity index (χ4v) is 4.07. The summed E-state index contributed by atoms with van der Waals surface area (Å²) in [5.41, 5.74) is 1.86. The first-order valence-electron chi connectivity index (χ1n) is 9.12. The van der Waals surface area contributed by atoms with Gasteiger partial charge in [0.15, 0.2) is 0 Å². The van der Waals surface area contributed by atoms with E-state index in [2.05, 4.69) is 5.32 Å². The van der Waals surface area contributed by atoms with Crippen molar-refractivity contribution in [2.75, 3.05) is 25.0 Å². The lowest BCUT2D eigenvalue weighted by Gasteiger charge is -2.42. The highest BCUT2D eigenvalue weighted by molar-refractivity contribution is 5.89. The third-order valence-corrected chi connectivity index (χ3v) is 5.18. The molecule has 1 N–H and O–H groups in total. The Labute approximate surface area is 152 Å². The lowest BCUT2D eigenvalue weighted by atomic mass is 9.83. The molecule has 1 fully saturated rings. The summed E-state index contributed by atoms with van der Waals surface area (Å²) in [5, 5.41) is 2.97. The van der Waals surface area contributed by atoms with Crippen LogP contribution in [0, 0.1) is 5.92 Å². The Morgan fingerprint density at radius 1 is 1.15 bits per heavy atom. The maximum atomic E-state index is 12.7. The van der Waals surface area contributed by atoms with E-state index in [1.807, 2.05) is 52.8 Å². The van der Waals surface area contributed by atoms with Gasteiger partial charge in [-0.3, -0.25) is 4.79 Å². The number of rotatable bonds is 3. The molecule has 2 aromatic rings. The second kappa shape index (κ2) is 6.86. The number of piperidine rings is 1. The maximum Gasteiger partial charge on any atom is 0.321 e. The summed E-state index contributed by atoms with van der Waals surface area (Å²) in [6.07, 6.45) is 1.04. The number of carbonyl (C=O) groups excluding carboxylic acids is 1. The Morgan fingerprint density at radius 2 is 1.96 bits per heavy atom. The maximum absolute atomic E-state index is 12.7. The number of nitrogens with zero attached hydrogens (tertiary/aromatic N) is 2. The van der Waals surface area contributed by atoms with E-state index in [0.717, 1.165) is 23.6 Å². The minimum Gasteiger partial charge on any atom is -0.494 e. The van der Waals surface area contributed by atoms with Crippen LogP contribution in [-0.2, 0) is 6.54 Å². The molecule has 6 heteroatoms. The van der Waals surface area contributed by atoms with Crippen LogP contribution in [0.4, 0.5) is 10.5 Å². The second-order valence-corrected chi connectivity index (χ2v) is 6.99. The van der Waals surface area contributed by atoms with E-state index in [1.165, 1.54) is 0 Å². The number of urea groups is 1. The predicted molar refractivity (Wildman–Crippen MR) is 99.8 cm³/mol. The van der Waals surface area contributed by atoms with Gasteiger partial charge in [0.05, 0.1) is 6.61 Å². The van der Waals surface area contributed by atoms with Gasteiger partial charge in [0, 0.05) is 43.0 Å². The van der Waals surface area contributed by atoms with Crippen molar-refractivity contribution >= 4 is 11.7 Å². The molecule has 1 saturated heterocycles. The average Bonchev–Trinajstić information content (AvgIpc) is 2.64. The van der Waals surface area contributed by atoms with Gasteiger partial charge in [-0.2, -0.15) is 0 Å². The third kappa shape index (κ3) is 3.19. The molecule has 0 unspecified atom stereocenters. The van der Waals surface area contributed by atoms with Crippen LogP contribution in [0.3, 0.4) is 0 Å². The van der Waals surface area contributed by atoms with Crippen LogP contribution >= 0.6 is 0 Å². The van der Waals surface area contributed by atoms with Crippen LogP contribution in [-0.4, -0.2) is 35.2 Å². The Balaban J connectivity index is 1.46. The van der Waals surface area contributed by atoms with E-state index >= 15 is 0 Å². The quantitative estimate of drug-likeness (QED) is 0.923. The molecule has 2 aliphatic rings. The van der Waals surface area contributed by atoms with Crippen LogP contribution in [0.5, 0.6) is 5.75 Å². The number of hydrogen-bond donors (Lipinski definition) is 1. The third-order valence-electron chi connectivity index (χ3n) is 5.18. The van der Waals surface area contributed by atoms with Gasteiger partial charge in [-0.1, -0.05) is 6.07 Å². The average molecular weight is 353 g/mol.